The minimum absolute atomic E-state index is 0.150. The predicted molar refractivity (Wildman–Crippen MR) is 66.9 cm³/mol. The molecule has 0 atom stereocenters. The van der Waals surface area contributed by atoms with E-state index < -0.39 is 0 Å². The topological polar surface area (TPSA) is 52.4 Å². The van der Waals surface area contributed by atoms with Crippen LogP contribution >= 0.6 is 11.8 Å². The minimum atomic E-state index is -0.373. The molecule has 4 nitrogen and oxygen atoms in total. The van der Waals surface area contributed by atoms with Gasteiger partial charge in [0.15, 0.2) is 0 Å². The van der Waals surface area contributed by atoms with Gasteiger partial charge in [-0.05, 0) is 24.0 Å². The standard InChI is InChI=1S/C9H11NO3S.C2H6/c1-13-6-7-3-4-8(10(11)12)9(5-7)14-2;1-2/h3-5H,6H2,1-2H3;1-2H3. The fourth-order valence-electron chi connectivity index (χ4n) is 1.13. The normalized spacial score (nSPS) is 9.25. The molecule has 0 radical (unpaired) electrons. The van der Waals surface area contributed by atoms with Gasteiger partial charge in [0.2, 0.25) is 0 Å². The molecule has 90 valence electrons. The summed E-state index contributed by atoms with van der Waals surface area (Å²) >= 11 is 1.37. The van der Waals surface area contributed by atoms with E-state index in [0.717, 1.165) is 5.56 Å². The number of methoxy groups -OCH3 is 1. The first-order valence-electron chi connectivity index (χ1n) is 4.99. The van der Waals surface area contributed by atoms with E-state index in [1.165, 1.54) is 17.8 Å². The molecule has 0 aromatic heterocycles. The van der Waals surface area contributed by atoms with E-state index in [4.69, 9.17) is 4.74 Å². The Morgan fingerprint density at radius 3 is 2.50 bits per heavy atom. The van der Waals surface area contributed by atoms with Gasteiger partial charge >= 0.3 is 0 Å². The maximum absolute atomic E-state index is 10.6. The van der Waals surface area contributed by atoms with E-state index >= 15 is 0 Å². The molecule has 1 aromatic rings. The third kappa shape index (κ3) is 4.20. The Balaban J connectivity index is 0.00000106. The van der Waals surface area contributed by atoms with Gasteiger partial charge in [-0.25, -0.2) is 0 Å². The first kappa shape index (κ1) is 14.9. The Morgan fingerprint density at radius 2 is 2.06 bits per heavy atom. The number of benzene rings is 1. The average Bonchev–Trinajstić information content (AvgIpc) is 2.31. The molecular formula is C11H17NO3S. The quantitative estimate of drug-likeness (QED) is 0.461. The molecule has 1 aromatic carbocycles. The maximum atomic E-state index is 10.6. The van der Waals surface area contributed by atoms with E-state index in [1.807, 2.05) is 20.1 Å². The van der Waals surface area contributed by atoms with Crippen LogP contribution in [-0.2, 0) is 11.3 Å². The molecule has 0 saturated carbocycles. The van der Waals surface area contributed by atoms with E-state index in [9.17, 15) is 10.1 Å². The largest absolute Gasteiger partial charge is 0.380 e. The lowest BCUT2D eigenvalue weighted by Crippen LogP contribution is -1.93. The highest BCUT2D eigenvalue weighted by molar-refractivity contribution is 7.98. The summed E-state index contributed by atoms with van der Waals surface area (Å²) in [5, 5.41) is 10.6. The Morgan fingerprint density at radius 1 is 1.44 bits per heavy atom. The molecule has 16 heavy (non-hydrogen) atoms. The minimum Gasteiger partial charge on any atom is -0.380 e. The van der Waals surface area contributed by atoms with Crippen LogP contribution in [0.1, 0.15) is 19.4 Å². The molecule has 0 N–H and O–H groups in total. The summed E-state index contributed by atoms with van der Waals surface area (Å²) in [5.74, 6) is 0. The van der Waals surface area contributed by atoms with Gasteiger partial charge in [0.05, 0.1) is 16.4 Å². The third-order valence-electron chi connectivity index (χ3n) is 1.75. The van der Waals surface area contributed by atoms with Crippen molar-refractivity contribution >= 4 is 17.4 Å². The summed E-state index contributed by atoms with van der Waals surface area (Å²) in [6.45, 7) is 4.48. The third-order valence-corrected chi connectivity index (χ3v) is 2.52. The van der Waals surface area contributed by atoms with Crippen LogP contribution in [0.4, 0.5) is 5.69 Å². The molecule has 0 amide bonds. The molecule has 0 heterocycles. The lowest BCUT2D eigenvalue weighted by molar-refractivity contribution is -0.387. The Bertz CT molecular complexity index is 342. The van der Waals surface area contributed by atoms with Gasteiger partial charge < -0.3 is 4.74 Å². The van der Waals surface area contributed by atoms with Crippen LogP contribution in [0.25, 0.3) is 0 Å². The highest BCUT2D eigenvalue weighted by Crippen LogP contribution is 2.28. The van der Waals surface area contributed by atoms with Crippen molar-refractivity contribution in [3.05, 3.63) is 33.9 Å². The van der Waals surface area contributed by atoms with Crippen molar-refractivity contribution < 1.29 is 9.66 Å². The van der Waals surface area contributed by atoms with E-state index in [2.05, 4.69) is 0 Å². The second kappa shape index (κ2) is 8.13. The SMILES string of the molecule is CC.COCc1ccc([N+](=O)[O-])c(SC)c1. The van der Waals surface area contributed by atoms with Gasteiger partial charge in [-0.2, -0.15) is 0 Å². The maximum Gasteiger partial charge on any atom is 0.282 e. The van der Waals surface area contributed by atoms with Crippen LogP contribution in [0.3, 0.4) is 0 Å². The number of hydrogen-bond acceptors (Lipinski definition) is 4. The zero-order chi connectivity index (χ0) is 12.6. The summed E-state index contributed by atoms with van der Waals surface area (Å²) in [4.78, 5) is 10.9. The zero-order valence-corrected chi connectivity index (χ0v) is 10.8. The summed E-state index contributed by atoms with van der Waals surface area (Å²) < 4.78 is 4.95. The molecule has 0 aliphatic rings. The van der Waals surface area contributed by atoms with Crippen molar-refractivity contribution in [3.8, 4) is 0 Å². The number of nitrogens with zero attached hydrogens (tertiary/aromatic N) is 1. The molecule has 5 heteroatoms. The summed E-state index contributed by atoms with van der Waals surface area (Å²) in [7, 11) is 1.60. The Labute approximate surface area is 100 Å². The molecule has 0 unspecified atom stereocenters. The first-order chi connectivity index (χ1) is 7.69. The molecule has 0 fully saturated rings. The highest BCUT2D eigenvalue weighted by atomic mass is 32.2. The monoisotopic (exact) mass is 243 g/mol. The molecule has 0 bridgehead atoms. The van der Waals surface area contributed by atoms with Crippen LogP contribution in [0, 0.1) is 10.1 Å². The van der Waals surface area contributed by atoms with Crippen LogP contribution in [0.15, 0.2) is 23.1 Å². The van der Waals surface area contributed by atoms with Gasteiger partial charge in [-0.1, -0.05) is 13.8 Å². The van der Waals surface area contributed by atoms with E-state index in [1.54, 1.807) is 19.2 Å². The van der Waals surface area contributed by atoms with Crippen molar-refractivity contribution in [2.45, 2.75) is 25.3 Å². The Hall–Kier alpha value is -1.07. The van der Waals surface area contributed by atoms with Crippen molar-refractivity contribution in [1.82, 2.24) is 0 Å². The van der Waals surface area contributed by atoms with Crippen LogP contribution in [0.2, 0.25) is 0 Å². The number of nitro benzene ring substituents is 1. The molecule has 0 aliphatic heterocycles. The van der Waals surface area contributed by atoms with Crippen molar-refractivity contribution in [3.63, 3.8) is 0 Å². The number of ether oxygens (including phenoxy) is 1. The number of nitro groups is 1. The summed E-state index contributed by atoms with van der Waals surface area (Å²) in [6.07, 6.45) is 1.82. The van der Waals surface area contributed by atoms with Gasteiger partial charge in [0.1, 0.15) is 0 Å². The summed E-state index contributed by atoms with van der Waals surface area (Å²) in [6, 6.07) is 5.01. The lowest BCUT2D eigenvalue weighted by atomic mass is 10.2. The zero-order valence-electron chi connectivity index (χ0n) is 10.0. The summed E-state index contributed by atoms with van der Waals surface area (Å²) in [5.41, 5.74) is 1.10. The molecule has 0 spiro atoms. The molecule has 0 aliphatic carbocycles. The van der Waals surface area contributed by atoms with Crippen LogP contribution in [-0.4, -0.2) is 18.3 Å². The molecule has 0 saturated heterocycles. The second-order valence-electron chi connectivity index (χ2n) is 2.70. The van der Waals surface area contributed by atoms with Gasteiger partial charge in [-0.3, -0.25) is 10.1 Å². The molecular weight excluding hydrogens is 226 g/mol. The lowest BCUT2D eigenvalue weighted by Gasteiger charge is -2.03. The van der Waals surface area contributed by atoms with Crippen molar-refractivity contribution in [2.24, 2.45) is 0 Å². The van der Waals surface area contributed by atoms with Gasteiger partial charge in [0, 0.05) is 13.2 Å². The van der Waals surface area contributed by atoms with E-state index in [0.29, 0.717) is 11.5 Å². The van der Waals surface area contributed by atoms with Gasteiger partial charge in [-0.15, -0.1) is 11.8 Å². The number of rotatable bonds is 4. The predicted octanol–water partition coefficient (Wildman–Crippen LogP) is 3.49. The number of thioether (sulfide) groups is 1. The Kier molecular flexibility index (Phi) is 7.58. The van der Waals surface area contributed by atoms with E-state index in [-0.39, 0.29) is 10.6 Å². The highest BCUT2D eigenvalue weighted by Gasteiger charge is 2.12. The fourth-order valence-corrected chi connectivity index (χ4v) is 1.75. The second-order valence-corrected chi connectivity index (χ2v) is 3.54. The van der Waals surface area contributed by atoms with Gasteiger partial charge in [0.25, 0.3) is 5.69 Å². The van der Waals surface area contributed by atoms with Crippen LogP contribution in [0.5, 0.6) is 0 Å². The average molecular weight is 243 g/mol. The molecule has 1 rings (SSSR count). The van der Waals surface area contributed by atoms with Crippen molar-refractivity contribution in [1.29, 1.82) is 0 Å². The van der Waals surface area contributed by atoms with Crippen LogP contribution < -0.4 is 0 Å². The first-order valence-corrected chi connectivity index (χ1v) is 6.21. The fraction of sp³-hybridized carbons (Fsp3) is 0.455. The smallest absolute Gasteiger partial charge is 0.282 e. The number of hydrogen-bond donors (Lipinski definition) is 0. The van der Waals surface area contributed by atoms with Crippen molar-refractivity contribution in [2.75, 3.05) is 13.4 Å².